The lowest BCUT2D eigenvalue weighted by Gasteiger charge is -2.18. The van der Waals surface area contributed by atoms with Crippen LogP contribution < -0.4 is 0 Å². The number of carbonyl (C=O) groups excluding carboxylic acids is 2. The summed E-state index contributed by atoms with van der Waals surface area (Å²) >= 11 is 0. The molecule has 62 heavy (non-hydrogen) atoms. The van der Waals surface area contributed by atoms with E-state index in [4.69, 9.17) is 14.2 Å². The summed E-state index contributed by atoms with van der Waals surface area (Å²) < 4.78 is 17.3. The minimum Gasteiger partial charge on any atom is -0.462 e. The molecule has 0 bridgehead atoms. The Morgan fingerprint density at radius 2 is 0.758 bits per heavy atom. The van der Waals surface area contributed by atoms with Crippen LogP contribution >= 0.6 is 0 Å². The standard InChI is InChI=1S/C57H98O5/c1-4-7-10-13-16-19-22-25-27-28-29-30-31-33-35-38-41-44-47-50-56(58)61-54-55(53-60-52-49-46-43-40-37-34-26-23-20-17-14-11-8-5-2)62-57(59)51-48-45-42-39-36-32-24-21-18-15-12-9-6-3/h9,12,16,18-19,21,25,27,29-30,32,36,42,45,55H,4-8,10-11,13-15,17,20,22-24,26,28,31,33-35,37-41,43-44,46-54H2,1-3H3/b12-9-,19-16-,21-18-,27-25-,30-29-,36-32-,45-42-. The molecule has 0 spiro atoms. The molecular weight excluding hydrogens is 765 g/mol. The molecule has 0 amide bonds. The Morgan fingerprint density at radius 1 is 0.371 bits per heavy atom. The third kappa shape index (κ3) is 49.7. The molecule has 0 aromatic rings. The van der Waals surface area contributed by atoms with E-state index >= 15 is 0 Å². The van der Waals surface area contributed by atoms with Crippen molar-refractivity contribution in [3.8, 4) is 0 Å². The van der Waals surface area contributed by atoms with Crippen LogP contribution in [0.1, 0.15) is 239 Å². The van der Waals surface area contributed by atoms with E-state index in [1.807, 2.05) is 6.08 Å². The second-order valence-corrected chi connectivity index (χ2v) is 17.0. The van der Waals surface area contributed by atoms with E-state index < -0.39 is 6.10 Å². The van der Waals surface area contributed by atoms with Crippen molar-refractivity contribution in [2.75, 3.05) is 19.8 Å². The van der Waals surface area contributed by atoms with Gasteiger partial charge in [0.1, 0.15) is 6.61 Å². The Bertz CT molecular complexity index is 1160. The van der Waals surface area contributed by atoms with E-state index in [0.717, 1.165) is 77.0 Å². The molecule has 1 atom stereocenters. The molecule has 1 unspecified atom stereocenters. The lowest BCUT2D eigenvalue weighted by Crippen LogP contribution is -2.30. The van der Waals surface area contributed by atoms with Crippen LogP contribution in [0.2, 0.25) is 0 Å². The van der Waals surface area contributed by atoms with Gasteiger partial charge in [0.05, 0.1) is 6.61 Å². The minimum absolute atomic E-state index is 0.0484. The van der Waals surface area contributed by atoms with Crippen LogP contribution in [0.3, 0.4) is 0 Å². The summed E-state index contributed by atoms with van der Waals surface area (Å²) in [7, 11) is 0. The smallest absolute Gasteiger partial charge is 0.306 e. The van der Waals surface area contributed by atoms with Gasteiger partial charge in [-0.15, -0.1) is 0 Å². The van der Waals surface area contributed by atoms with E-state index in [2.05, 4.69) is 99.8 Å². The second kappa shape index (κ2) is 52.4. The number of unbranched alkanes of at least 4 members (excludes halogenated alkanes) is 22. The molecule has 0 rings (SSSR count). The summed E-state index contributed by atoms with van der Waals surface area (Å²) in [6.45, 7) is 7.61. The van der Waals surface area contributed by atoms with Crippen LogP contribution in [-0.2, 0) is 23.8 Å². The molecule has 0 N–H and O–H groups in total. The maximum Gasteiger partial charge on any atom is 0.306 e. The maximum atomic E-state index is 12.7. The lowest BCUT2D eigenvalue weighted by molar-refractivity contribution is -0.162. The molecule has 0 aliphatic rings. The molecule has 0 aliphatic heterocycles. The Hall–Kier alpha value is -2.92. The largest absolute Gasteiger partial charge is 0.462 e. The Labute approximate surface area is 384 Å². The molecule has 5 heteroatoms. The number of carbonyl (C=O) groups is 2. The van der Waals surface area contributed by atoms with Crippen molar-refractivity contribution in [2.24, 2.45) is 0 Å². The number of allylic oxidation sites excluding steroid dienone is 14. The SMILES string of the molecule is CC/C=C\C/C=C\C/C=C\C/C=C\CCC(=O)OC(COCCCCCCCCCCCCCCCC)COC(=O)CCCCCCCC/C=C\C/C=C\C/C=C\CCCCC. The third-order valence-corrected chi connectivity index (χ3v) is 10.9. The van der Waals surface area contributed by atoms with Gasteiger partial charge in [-0.2, -0.15) is 0 Å². The predicted molar refractivity (Wildman–Crippen MR) is 270 cm³/mol. The van der Waals surface area contributed by atoms with Crippen LogP contribution in [-0.4, -0.2) is 37.9 Å². The van der Waals surface area contributed by atoms with Crippen molar-refractivity contribution in [2.45, 2.75) is 245 Å². The monoisotopic (exact) mass is 863 g/mol. The summed E-state index contributed by atoms with van der Waals surface area (Å²) in [4.78, 5) is 25.4. The summed E-state index contributed by atoms with van der Waals surface area (Å²) in [6, 6.07) is 0. The van der Waals surface area contributed by atoms with Crippen LogP contribution in [0.25, 0.3) is 0 Å². The average molecular weight is 863 g/mol. The molecule has 0 aliphatic carbocycles. The number of esters is 2. The van der Waals surface area contributed by atoms with E-state index in [1.165, 1.54) is 122 Å². The first-order chi connectivity index (χ1) is 30.6. The zero-order valence-electron chi connectivity index (χ0n) is 40.9. The molecule has 356 valence electrons. The fourth-order valence-corrected chi connectivity index (χ4v) is 7.06. The summed E-state index contributed by atoms with van der Waals surface area (Å²) in [5.74, 6) is -0.502. The van der Waals surface area contributed by atoms with Gasteiger partial charge < -0.3 is 14.2 Å². The molecule has 0 heterocycles. The van der Waals surface area contributed by atoms with Gasteiger partial charge in [-0.05, 0) is 83.5 Å². The quantitative estimate of drug-likeness (QED) is 0.0346. The topological polar surface area (TPSA) is 61.8 Å². The predicted octanol–water partition coefficient (Wildman–Crippen LogP) is 17.7. The molecule has 0 saturated carbocycles. The van der Waals surface area contributed by atoms with E-state index in [0.29, 0.717) is 25.9 Å². The van der Waals surface area contributed by atoms with Gasteiger partial charge in [0.15, 0.2) is 6.10 Å². The molecule has 0 radical (unpaired) electrons. The number of rotatable bonds is 47. The van der Waals surface area contributed by atoms with Crippen molar-refractivity contribution in [1.29, 1.82) is 0 Å². The van der Waals surface area contributed by atoms with Gasteiger partial charge in [0, 0.05) is 19.4 Å². The van der Waals surface area contributed by atoms with Gasteiger partial charge in [-0.25, -0.2) is 0 Å². The van der Waals surface area contributed by atoms with Crippen LogP contribution in [0.15, 0.2) is 85.1 Å². The normalized spacial score (nSPS) is 12.9. The second-order valence-electron chi connectivity index (χ2n) is 17.0. The van der Waals surface area contributed by atoms with Crippen molar-refractivity contribution >= 4 is 11.9 Å². The average Bonchev–Trinajstić information content (AvgIpc) is 3.27. The Morgan fingerprint density at radius 3 is 1.26 bits per heavy atom. The zero-order chi connectivity index (χ0) is 44.9. The van der Waals surface area contributed by atoms with Crippen LogP contribution in [0.5, 0.6) is 0 Å². The van der Waals surface area contributed by atoms with Gasteiger partial charge in [-0.1, -0.05) is 228 Å². The van der Waals surface area contributed by atoms with Crippen molar-refractivity contribution in [3.63, 3.8) is 0 Å². The van der Waals surface area contributed by atoms with Crippen LogP contribution in [0, 0.1) is 0 Å². The lowest BCUT2D eigenvalue weighted by atomic mass is 10.0. The first kappa shape index (κ1) is 59.1. The fourth-order valence-electron chi connectivity index (χ4n) is 7.06. The van der Waals surface area contributed by atoms with Gasteiger partial charge >= 0.3 is 11.9 Å². The van der Waals surface area contributed by atoms with Crippen molar-refractivity contribution in [1.82, 2.24) is 0 Å². The highest BCUT2D eigenvalue weighted by Crippen LogP contribution is 2.14. The third-order valence-electron chi connectivity index (χ3n) is 10.9. The Balaban J connectivity index is 4.34. The van der Waals surface area contributed by atoms with Gasteiger partial charge in [0.2, 0.25) is 0 Å². The van der Waals surface area contributed by atoms with Gasteiger partial charge in [0.25, 0.3) is 0 Å². The zero-order valence-corrected chi connectivity index (χ0v) is 40.9. The number of hydrogen-bond acceptors (Lipinski definition) is 5. The molecule has 0 fully saturated rings. The van der Waals surface area contributed by atoms with Crippen molar-refractivity contribution in [3.05, 3.63) is 85.1 Å². The highest BCUT2D eigenvalue weighted by molar-refractivity contribution is 5.70. The van der Waals surface area contributed by atoms with Crippen molar-refractivity contribution < 1.29 is 23.8 Å². The first-order valence-electron chi connectivity index (χ1n) is 26.1. The molecule has 0 saturated heterocycles. The molecule has 0 aromatic heterocycles. The molecule has 5 nitrogen and oxygen atoms in total. The minimum atomic E-state index is -0.581. The van der Waals surface area contributed by atoms with E-state index in [-0.39, 0.29) is 25.2 Å². The highest BCUT2D eigenvalue weighted by Gasteiger charge is 2.17. The van der Waals surface area contributed by atoms with E-state index in [1.54, 1.807) is 0 Å². The van der Waals surface area contributed by atoms with Crippen LogP contribution in [0.4, 0.5) is 0 Å². The molecule has 0 aromatic carbocycles. The summed E-state index contributed by atoms with van der Waals surface area (Å²) in [5, 5.41) is 0. The maximum absolute atomic E-state index is 12.7. The summed E-state index contributed by atoms with van der Waals surface area (Å²) in [5.41, 5.74) is 0. The first-order valence-corrected chi connectivity index (χ1v) is 26.1. The highest BCUT2D eigenvalue weighted by atomic mass is 16.6. The Kier molecular flexibility index (Phi) is 50.0. The summed E-state index contributed by atoms with van der Waals surface area (Å²) in [6.07, 6.45) is 68.9. The number of ether oxygens (including phenoxy) is 3. The fraction of sp³-hybridized carbons (Fsp3) is 0.719. The van der Waals surface area contributed by atoms with E-state index in [9.17, 15) is 9.59 Å². The number of hydrogen-bond donors (Lipinski definition) is 0. The molecular formula is C57H98O5. The van der Waals surface area contributed by atoms with Gasteiger partial charge in [-0.3, -0.25) is 9.59 Å².